The summed E-state index contributed by atoms with van der Waals surface area (Å²) >= 11 is 0. The van der Waals surface area contributed by atoms with Crippen molar-refractivity contribution in [2.24, 2.45) is 0 Å². The molecule has 1 aliphatic rings. The molecule has 33 heavy (non-hydrogen) atoms. The zero-order valence-corrected chi connectivity index (χ0v) is 19.0. The summed E-state index contributed by atoms with van der Waals surface area (Å²) in [4.78, 5) is 18.1. The SMILES string of the molecule is CC(=O)N1CCC(c2ccc3nc(C)cc(NC(C)c4cccc(C(F)F)c4F)c3c2)CC1. The molecule has 2 aromatic carbocycles. The molecule has 1 saturated heterocycles. The molecule has 1 amide bonds. The smallest absolute Gasteiger partial charge is 0.266 e. The molecule has 1 unspecified atom stereocenters. The van der Waals surface area contributed by atoms with E-state index in [9.17, 15) is 18.0 Å². The van der Waals surface area contributed by atoms with Crippen LogP contribution in [0.15, 0.2) is 42.5 Å². The fourth-order valence-electron chi connectivity index (χ4n) is 4.66. The summed E-state index contributed by atoms with van der Waals surface area (Å²) in [5.74, 6) is -0.424. The minimum Gasteiger partial charge on any atom is -0.378 e. The van der Waals surface area contributed by atoms with Crippen LogP contribution in [0, 0.1) is 12.7 Å². The zero-order valence-electron chi connectivity index (χ0n) is 19.0. The molecule has 2 heterocycles. The van der Waals surface area contributed by atoms with E-state index >= 15 is 0 Å². The van der Waals surface area contributed by atoms with Gasteiger partial charge in [-0.2, -0.15) is 0 Å². The third-order valence-corrected chi connectivity index (χ3v) is 6.50. The number of amides is 1. The predicted molar refractivity (Wildman–Crippen MR) is 124 cm³/mol. The van der Waals surface area contributed by atoms with Crippen LogP contribution in [0.3, 0.4) is 0 Å². The Morgan fingerprint density at radius 2 is 1.82 bits per heavy atom. The Hall–Kier alpha value is -3.09. The number of nitrogens with zero attached hydrogens (tertiary/aromatic N) is 2. The molecule has 1 atom stereocenters. The number of fused-ring (bicyclic) bond motifs is 1. The maximum atomic E-state index is 14.7. The van der Waals surface area contributed by atoms with Gasteiger partial charge in [0.05, 0.1) is 17.1 Å². The highest BCUT2D eigenvalue weighted by molar-refractivity contribution is 5.92. The van der Waals surface area contributed by atoms with Gasteiger partial charge < -0.3 is 10.2 Å². The highest BCUT2D eigenvalue weighted by Gasteiger charge is 2.23. The third kappa shape index (κ3) is 4.82. The van der Waals surface area contributed by atoms with Crippen LogP contribution >= 0.6 is 0 Å². The minimum absolute atomic E-state index is 0.107. The maximum Gasteiger partial charge on any atom is 0.266 e. The van der Waals surface area contributed by atoms with Gasteiger partial charge in [-0.3, -0.25) is 9.78 Å². The monoisotopic (exact) mass is 455 g/mol. The van der Waals surface area contributed by atoms with Gasteiger partial charge >= 0.3 is 0 Å². The average molecular weight is 456 g/mol. The zero-order chi connectivity index (χ0) is 23.7. The summed E-state index contributed by atoms with van der Waals surface area (Å²) in [7, 11) is 0. The number of halogens is 3. The van der Waals surface area contributed by atoms with Gasteiger partial charge in [0, 0.05) is 42.3 Å². The Bertz CT molecular complexity index is 1170. The fourth-order valence-corrected chi connectivity index (χ4v) is 4.66. The first kappa shape index (κ1) is 23.1. The highest BCUT2D eigenvalue weighted by Crippen LogP contribution is 2.34. The molecule has 7 heteroatoms. The van der Waals surface area contributed by atoms with Crippen molar-refractivity contribution in [3.05, 3.63) is 70.7 Å². The number of aromatic nitrogens is 1. The van der Waals surface area contributed by atoms with E-state index in [2.05, 4.69) is 22.4 Å². The van der Waals surface area contributed by atoms with Gasteiger partial charge in [-0.1, -0.05) is 24.3 Å². The number of carbonyl (C=O) groups is 1. The van der Waals surface area contributed by atoms with Crippen molar-refractivity contribution in [3.63, 3.8) is 0 Å². The van der Waals surface area contributed by atoms with Crippen molar-refractivity contribution in [3.8, 4) is 0 Å². The number of hydrogen-bond donors (Lipinski definition) is 1. The van der Waals surface area contributed by atoms with Crippen LogP contribution in [0.2, 0.25) is 0 Å². The Morgan fingerprint density at radius 1 is 1.12 bits per heavy atom. The maximum absolute atomic E-state index is 14.7. The normalized spacial score (nSPS) is 15.8. The number of nitrogens with one attached hydrogen (secondary N) is 1. The first-order chi connectivity index (χ1) is 15.7. The molecule has 1 fully saturated rings. The molecule has 0 spiro atoms. The molecule has 1 aromatic heterocycles. The summed E-state index contributed by atoms with van der Waals surface area (Å²) in [5.41, 5.74) is 3.20. The van der Waals surface area contributed by atoms with Crippen molar-refractivity contribution in [1.82, 2.24) is 9.88 Å². The minimum atomic E-state index is -2.86. The second kappa shape index (κ2) is 9.41. The molecule has 0 radical (unpaired) electrons. The van der Waals surface area contributed by atoms with Crippen molar-refractivity contribution in [2.75, 3.05) is 18.4 Å². The summed E-state index contributed by atoms with van der Waals surface area (Å²) in [6, 6.07) is 11.7. The van der Waals surface area contributed by atoms with Crippen molar-refractivity contribution in [1.29, 1.82) is 0 Å². The van der Waals surface area contributed by atoms with E-state index < -0.39 is 23.8 Å². The van der Waals surface area contributed by atoms with Gasteiger partial charge in [0.15, 0.2) is 0 Å². The summed E-state index contributed by atoms with van der Waals surface area (Å²) in [6.45, 7) is 6.73. The molecule has 1 N–H and O–H groups in total. The second-order valence-electron chi connectivity index (χ2n) is 8.79. The lowest BCUT2D eigenvalue weighted by Crippen LogP contribution is -2.36. The van der Waals surface area contributed by atoms with Crippen LogP contribution in [0.5, 0.6) is 0 Å². The number of hydrogen-bond acceptors (Lipinski definition) is 3. The van der Waals surface area contributed by atoms with Crippen molar-refractivity contribution in [2.45, 2.75) is 52.0 Å². The molecule has 174 valence electrons. The Kier molecular flexibility index (Phi) is 6.58. The summed E-state index contributed by atoms with van der Waals surface area (Å²) < 4.78 is 41.0. The number of likely N-dealkylation sites (tertiary alicyclic amines) is 1. The first-order valence-electron chi connectivity index (χ1n) is 11.2. The Labute approximate surface area is 191 Å². The number of benzene rings is 2. The van der Waals surface area contributed by atoms with E-state index in [4.69, 9.17) is 0 Å². The molecule has 0 saturated carbocycles. The molecular formula is C26H28F3N3O. The topological polar surface area (TPSA) is 45.2 Å². The average Bonchev–Trinajstić information content (AvgIpc) is 2.78. The third-order valence-electron chi connectivity index (χ3n) is 6.50. The van der Waals surface area contributed by atoms with Crippen LogP contribution in [-0.4, -0.2) is 28.9 Å². The lowest BCUT2D eigenvalue weighted by molar-refractivity contribution is -0.129. The molecule has 4 nitrogen and oxygen atoms in total. The fraction of sp³-hybridized carbons (Fsp3) is 0.385. The number of carbonyl (C=O) groups excluding carboxylic acids is 1. The second-order valence-corrected chi connectivity index (χ2v) is 8.79. The largest absolute Gasteiger partial charge is 0.378 e. The molecule has 0 bridgehead atoms. The molecular weight excluding hydrogens is 427 g/mol. The van der Waals surface area contributed by atoms with Gasteiger partial charge in [-0.15, -0.1) is 0 Å². The number of piperidine rings is 1. The lowest BCUT2D eigenvalue weighted by atomic mass is 9.88. The number of anilines is 1. The standard InChI is InChI=1S/C26H28F3N3O/c1-15-13-24(31-16(2)20-5-4-6-21(25(20)27)26(28)29)22-14-19(7-8-23(22)30-15)18-9-11-32(12-10-18)17(3)33/h4-8,13-14,16,18,26H,9-12H2,1-3H3,(H,30,31). The number of alkyl halides is 2. The Morgan fingerprint density at radius 3 is 2.48 bits per heavy atom. The van der Waals surface area contributed by atoms with Crippen molar-refractivity contribution >= 4 is 22.5 Å². The van der Waals surface area contributed by atoms with Gasteiger partial charge in [0.25, 0.3) is 6.43 Å². The van der Waals surface area contributed by atoms with Crippen molar-refractivity contribution < 1.29 is 18.0 Å². The van der Waals surface area contributed by atoms with Crippen LogP contribution in [0.1, 0.15) is 67.5 Å². The van der Waals surface area contributed by atoms with E-state index in [1.807, 2.05) is 24.0 Å². The molecule has 1 aliphatic heterocycles. The van der Waals surface area contributed by atoms with E-state index in [1.54, 1.807) is 13.8 Å². The molecule has 4 rings (SSSR count). The highest BCUT2D eigenvalue weighted by atomic mass is 19.3. The first-order valence-corrected chi connectivity index (χ1v) is 11.2. The van der Waals surface area contributed by atoms with Gasteiger partial charge in [0.2, 0.25) is 5.91 Å². The van der Waals surface area contributed by atoms with E-state index in [0.717, 1.165) is 54.3 Å². The lowest BCUT2D eigenvalue weighted by Gasteiger charge is -2.31. The Balaban J connectivity index is 1.64. The van der Waals surface area contributed by atoms with Crippen LogP contribution in [-0.2, 0) is 4.79 Å². The van der Waals surface area contributed by atoms with Crippen LogP contribution in [0.25, 0.3) is 10.9 Å². The van der Waals surface area contributed by atoms with E-state index in [1.165, 1.54) is 17.7 Å². The number of rotatable bonds is 5. The van der Waals surface area contributed by atoms with Gasteiger partial charge in [0.1, 0.15) is 5.82 Å². The quantitative estimate of drug-likeness (QED) is 0.476. The van der Waals surface area contributed by atoms with E-state index in [0.29, 0.717) is 5.92 Å². The van der Waals surface area contributed by atoms with E-state index in [-0.39, 0.29) is 11.5 Å². The summed E-state index contributed by atoms with van der Waals surface area (Å²) in [6.07, 6.45) is -1.07. The predicted octanol–water partition coefficient (Wildman–Crippen LogP) is 6.52. The van der Waals surface area contributed by atoms with Crippen LogP contribution < -0.4 is 5.32 Å². The number of aryl methyl sites for hydroxylation is 1. The number of pyridine rings is 1. The van der Waals surface area contributed by atoms with Crippen LogP contribution in [0.4, 0.5) is 18.9 Å². The van der Waals surface area contributed by atoms with Gasteiger partial charge in [-0.05, 0) is 56.4 Å². The summed E-state index contributed by atoms with van der Waals surface area (Å²) in [5, 5.41) is 4.23. The molecule has 0 aliphatic carbocycles. The van der Waals surface area contributed by atoms with Gasteiger partial charge in [-0.25, -0.2) is 13.2 Å². The molecule has 3 aromatic rings.